The Morgan fingerprint density at radius 3 is 0.850 bits per heavy atom. The minimum atomic E-state index is -4.94. The van der Waals surface area contributed by atoms with Crippen molar-refractivity contribution >= 4 is 39.5 Å². The van der Waals surface area contributed by atoms with Gasteiger partial charge in [0, 0.05) is 25.7 Å². The SMILES string of the molecule is CCCCCCCCCCCCCCC(=O)OC[C@H](COP(=O)(O)OC[C@@H](O)COP(=O)(O)OC[C@@H](COC(=O)CCCCCCCCCC)OC(=O)CCCCCCCCCC)OC(=O)CCCCCCCCCCCC(C)C. The Morgan fingerprint density at radius 2 is 0.575 bits per heavy atom. The summed E-state index contributed by atoms with van der Waals surface area (Å²) in [6.45, 7) is 7.10. The summed E-state index contributed by atoms with van der Waals surface area (Å²) >= 11 is 0. The van der Waals surface area contributed by atoms with E-state index in [2.05, 4.69) is 34.6 Å². The first-order valence-electron chi connectivity index (χ1n) is 32.1. The molecule has 0 aromatic carbocycles. The molecule has 0 amide bonds. The molecule has 80 heavy (non-hydrogen) atoms. The maximum absolute atomic E-state index is 12.9. The summed E-state index contributed by atoms with van der Waals surface area (Å²) in [5, 5.41) is 10.5. The van der Waals surface area contributed by atoms with Crippen molar-refractivity contribution in [2.45, 2.75) is 323 Å². The maximum Gasteiger partial charge on any atom is 0.472 e. The van der Waals surface area contributed by atoms with Crippen LogP contribution in [0.4, 0.5) is 0 Å². The molecule has 0 bridgehead atoms. The van der Waals surface area contributed by atoms with Crippen LogP contribution in [0.1, 0.15) is 304 Å². The lowest BCUT2D eigenvalue weighted by Gasteiger charge is -2.21. The van der Waals surface area contributed by atoms with Crippen LogP contribution in [-0.2, 0) is 65.4 Å². The number of ether oxygens (including phenoxy) is 4. The third-order valence-electron chi connectivity index (χ3n) is 14.0. The second-order valence-corrected chi connectivity index (χ2v) is 25.5. The summed E-state index contributed by atoms with van der Waals surface area (Å²) < 4.78 is 67.8. The first kappa shape index (κ1) is 78.1. The van der Waals surface area contributed by atoms with Gasteiger partial charge in [-0.25, -0.2) is 9.13 Å². The Bertz CT molecular complexity index is 1570. The van der Waals surface area contributed by atoms with E-state index in [1.807, 2.05) is 0 Å². The second kappa shape index (κ2) is 55.0. The summed E-state index contributed by atoms with van der Waals surface area (Å²) in [6, 6.07) is 0. The van der Waals surface area contributed by atoms with Gasteiger partial charge in [-0.3, -0.25) is 37.3 Å². The molecule has 19 heteroatoms. The molecule has 0 rings (SSSR count). The molecule has 474 valence electrons. The summed E-state index contributed by atoms with van der Waals surface area (Å²) in [6.07, 6.45) is 37.6. The molecule has 0 saturated heterocycles. The van der Waals surface area contributed by atoms with E-state index in [-0.39, 0.29) is 25.7 Å². The van der Waals surface area contributed by atoms with Crippen molar-refractivity contribution in [2.24, 2.45) is 5.92 Å². The van der Waals surface area contributed by atoms with E-state index in [1.54, 1.807) is 0 Å². The van der Waals surface area contributed by atoms with Crippen LogP contribution in [0.5, 0.6) is 0 Å². The fraction of sp³-hybridized carbons (Fsp3) is 0.934. The van der Waals surface area contributed by atoms with E-state index >= 15 is 0 Å². The summed E-state index contributed by atoms with van der Waals surface area (Å²) in [5.41, 5.74) is 0. The monoisotopic (exact) mass is 1180 g/mol. The molecular weight excluding hydrogens is 1070 g/mol. The van der Waals surface area contributed by atoms with Gasteiger partial charge in [-0.1, -0.05) is 253 Å². The lowest BCUT2D eigenvalue weighted by atomic mass is 10.0. The normalized spacial score (nSPS) is 14.3. The van der Waals surface area contributed by atoms with E-state index in [0.717, 1.165) is 109 Å². The van der Waals surface area contributed by atoms with Gasteiger partial charge in [0.2, 0.25) is 0 Å². The van der Waals surface area contributed by atoms with Gasteiger partial charge in [-0.05, 0) is 31.6 Å². The zero-order valence-electron chi connectivity index (χ0n) is 51.2. The van der Waals surface area contributed by atoms with Crippen molar-refractivity contribution in [3.63, 3.8) is 0 Å². The molecule has 0 saturated carbocycles. The first-order valence-corrected chi connectivity index (χ1v) is 35.1. The van der Waals surface area contributed by atoms with Gasteiger partial charge in [0.25, 0.3) is 0 Å². The zero-order chi connectivity index (χ0) is 59.2. The average molecular weight is 1190 g/mol. The molecule has 3 N–H and O–H groups in total. The topological polar surface area (TPSA) is 237 Å². The second-order valence-electron chi connectivity index (χ2n) is 22.6. The van der Waals surface area contributed by atoms with E-state index in [9.17, 15) is 43.2 Å². The van der Waals surface area contributed by atoms with E-state index < -0.39 is 97.5 Å². The van der Waals surface area contributed by atoms with Gasteiger partial charge in [0.05, 0.1) is 26.4 Å². The summed E-state index contributed by atoms with van der Waals surface area (Å²) in [7, 11) is -9.87. The number of rotatable bonds is 61. The van der Waals surface area contributed by atoms with Gasteiger partial charge < -0.3 is 33.8 Å². The summed E-state index contributed by atoms with van der Waals surface area (Å²) in [5.74, 6) is -1.40. The van der Waals surface area contributed by atoms with Crippen molar-refractivity contribution in [1.82, 2.24) is 0 Å². The third-order valence-corrected chi connectivity index (χ3v) is 15.9. The van der Waals surface area contributed by atoms with Crippen LogP contribution in [0.2, 0.25) is 0 Å². The van der Waals surface area contributed by atoms with Gasteiger partial charge in [-0.2, -0.15) is 0 Å². The van der Waals surface area contributed by atoms with Gasteiger partial charge in [-0.15, -0.1) is 0 Å². The molecule has 0 aromatic heterocycles. The summed E-state index contributed by atoms with van der Waals surface area (Å²) in [4.78, 5) is 71.9. The third kappa shape index (κ3) is 55.3. The Balaban J connectivity index is 5.21. The van der Waals surface area contributed by atoms with Crippen molar-refractivity contribution in [3.05, 3.63) is 0 Å². The maximum atomic E-state index is 12.9. The number of esters is 4. The fourth-order valence-electron chi connectivity index (χ4n) is 9.05. The molecule has 0 aliphatic rings. The zero-order valence-corrected chi connectivity index (χ0v) is 53.0. The van der Waals surface area contributed by atoms with Crippen LogP contribution >= 0.6 is 15.6 Å². The molecule has 0 aliphatic carbocycles. The molecule has 0 radical (unpaired) electrons. The van der Waals surface area contributed by atoms with E-state index in [4.69, 9.17) is 37.0 Å². The molecule has 0 aliphatic heterocycles. The molecule has 5 atom stereocenters. The minimum absolute atomic E-state index is 0.105. The molecule has 0 spiro atoms. The van der Waals surface area contributed by atoms with Crippen LogP contribution in [0.15, 0.2) is 0 Å². The van der Waals surface area contributed by atoms with Crippen molar-refractivity contribution in [3.8, 4) is 0 Å². The van der Waals surface area contributed by atoms with Gasteiger partial charge in [0.1, 0.15) is 19.3 Å². The lowest BCUT2D eigenvalue weighted by molar-refractivity contribution is -0.161. The van der Waals surface area contributed by atoms with Crippen LogP contribution in [0.25, 0.3) is 0 Å². The van der Waals surface area contributed by atoms with Gasteiger partial charge in [0.15, 0.2) is 12.2 Å². The number of phosphoric ester groups is 2. The molecule has 2 unspecified atom stereocenters. The number of hydrogen-bond acceptors (Lipinski definition) is 15. The largest absolute Gasteiger partial charge is 0.472 e. The Kier molecular flexibility index (Phi) is 53.6. The Morgan fingerprint density at radius 1 is 0.338 bits per heavy atom. The Labute approximate surface area is 486 Å². The number of carbonyl (C=O) groups excluding carboxylic acids is 4. The first-order chi connectivity index (χ1) is 38.5. The molecular formula is C61H118O17P2. The highest BCUT2D eigenvalue weighted by Crippen LogP contribution is 2.45. The predicted octanol–water partition coefficient (Wildman–Crippen LogP) is 16.6. The Hall–Kier alpha value is -1.94. The molecule has 17 nitrogen and oxygen atoms in total. The molecule has 0 fully saturated rings. The van der Waals surface area contributed by atoms with Crippen molar-refractivity contribution < 1.29 is 80.2 Å². The number of carbonyl (C=O) groups is 4. The number of unbranched alkanes of at least 4 members (excludes halogenated alkanes) is 33. The van der Waals surface area contributed by atoms with Crippen LogP contribution in [0, 0.1) is 5.92 Å². The number of aliphatic hydroxyl groups excluding tert-OH is 1. The highest BCUT2D eigenvalue weighted by atomic mass is 31.2. The smallest absolute Gasteiger partial charge is 0.462 e. The number of phosphoric acid groups is 2. The fourth-order valence-corrected chi connectivity index (χ4v) is 10.6. The van der Waals surface area contributed by atoms with Crippen LogP contribution in [0.3, 0.4) is 0 Å². The van der Waals surface area contributed by atoms with Gasteiger partial charge >= 0.3 is 39.5 Å². The average Bonchev–Trinajstić information content (AvgIpc) is 3.42. The lowest BCUT2D eigenvalue weighted by Crippen LogP contribution is -2.30. The number of hydrogen-bond donors (Lipinski definition) is 3. The highest BCUT2D eigenvalue weighted by Gasteiger charge is 2.30. The highest BCUT2D eigenvalue weighted by molar-refractivity contribution is 7.47. The molecule has 0 heterocycles. The number of aliphatic hydroxyl groups is 1. The molecule has 0 aromatic rings. The predicted molar refractivity (Wildman–Crippen MR) is 317 cm³/mol. The van der Waals surface area contributed by atoms with Crippen LogP contribution in [-0.4, -0.2) is 96.7 Å². The standard InChI is InChI=1S/C61H118O17P2/c1-6-9-12-15-18-21-22-23-26-31-35-40-45-59(64)72-51-57(78-61(66)47-42-37-32-27-24-25-28-33-38-43-54(4)5)53-76-80(69,70)74-49-55(62)48-73-79(67,68)75-52-56(77-60(65)46-41-36-30-20-17-14-11-8-3)50-71-58(63)44-39-34-29-19-16-13-10-7-2/h54-57,62H,6-53H2,1-5H3,(H,67,68)(H,69,70)/t55-,56+,57+/m0/s1. The van der Waals surface area contributed by atoms with Crippen molar-refractivity contribution in [1.29, 1.82) is 0 Å². The van der Waals surface area contributed by atoms with Crippen molar-refractivity contribution in [2.75, 3.05) is 39.6 Å². The van der Waals surface area contributed by atoms with Crippen LogP contribution < -0.4 is 0 Å². The van der Waals surface area contributed by atoms with E-state index in [0.29, 0.717) is 25.7 Å². The minimum Gasteiger partial charge on any atom is -0.462 e. The van der Waals surface area contributed by atoms with E-state index in [1.165, 1.54) is 116 Å². The quantitative estimate of drug-likeness (QED) is 0.0222.